The molecule has 11 heteroatoms. The van der Waals surface area contributed by atoms with Gasteiger partial charge in [0.1, 0.15) is 23.0 Å². The monoisotopic (exact) mass is 427 g/mol. The standard InChI is InChI=1S/C18H16F3N3O4S/c1-23-13(29-2)7-24-6-10(15(25)16(26)14(24)18(23)28)17(27)22-5-9-11(20)3-8(19)4-12(9)21/h3-4,6,13,26H,5,7H2,1-2H3,(H,22,27). The second-order valence-corrected chi connectivity index (χ2v) is 7.37. The topological polar surface area (TPSA) is 91.6 Å². The minimum absolute atomic E-state index is 0.216. The van der Waals surface area contributed by atoms with Gasteiger partial charge in [0.2, 0.25) is 5.43 Å². The molecule has 7 nitrogen and oxygen atoms in total. The first-order chi connectivity index (χ1) is 13.6. The number of carbonyl (C=O) groups is 2. The molecule has 2 amide bonds. The molecule has 1 atom stereocenters. The van der Waals surface area contributed by atoms with Crippen LogP contribution in [0.3, 0.4) is 0 Å². The molecule has 154 valence electrons. The van der Waals surface area contributed by atoms with E-state index in [0.29, 0.717) is 12.1 Å². The normalized spacial score (nSPS) is 16.0. The van der Waals surface area contributed by atoms with E-state index in [4.69, 9.17) is 0 Å². The van der Waals surface area contributed by atoms with E-state index in [1.165, 1.54) is 28.3 Å². The average Bonchev–Trinajstić information content (AvgIpc) is 2.65. The van der Waals surface area contributed by atoms with Crippen LogP contribution in [0.15, 0.2) is 23.1 Å². The lowest BCUT2D eigenvalue weighted by molar-refractivity contribution is 0.0717. The lowest BCUT2D eigenvalue weighted by atomic mass is 10.1. The highest BCUT2D eigenvalue weighted by Gasteiger charge is 2.33. The van der Waals surface area contributed by atoms with Crippen molar-refractivity contribution in [2.75, 3.05) is 13.3 Å². The van der Waals surface area contributed by atoms with Gasteiger partial charge in [-0.2, -0.15) is 0 Å². The number of hydrogen-bond donors (Lipinski definition) is 2. The van der Waals surface area contributed by atoms with Crippen LogP contribution in [0.5, 0.6) is 5.75 Å². The number of nitrogens with zero attached hydrogens (tertiary/aromatic N) is 2. The molecule has 0 bridgehead atoms. The number of likely N-dealkylation sites (N-methyl/N-ethyl adjacent to an activating group) is 1. The van der Waals surface area contributed by atoms with Gasteiger partial charge in [-0.05, 0) is 6.26 Å². The lowest BCUT2D eigenvalue weighted by Gasteiger charge is -2.34. The highest BCUT2D eigenvalue weighted by molar-refractivity contribution is 7.99. The molecule has 1 aromatic heterocycles. The summed E-state index contributed by atoms with van der Waals surface area (Å²) in [7, 11) is 1.53. The number of pyridine rings is 1. The van der Waals surface area contributed by atoms with Gasteiger partial charge < -0.3 is 19.9 Å². The molecular weight excluding hydrogens is 411 g/mol. The van der Waals surface area contributed by atoms with E-state index in [1.54, 1.807) is 6.26 Å². The largest absolute Gasteiger partial charge is 0.503 e. The molecule has 0 saturated carbocycles. The van der Waals surface area contributed by atoms with Gasteiger partial charge in [0.05, 0.1) is 11.9 Å². The highest BCUT2D eigenvalue weighted by Crippen LogP contribution is 2.26. The van der Waals surface area contributed by atoms with Crippen LogP contribution in [-0.2, 0) is 13.1 Å². The molecule has 29 heavy (non-hydrogen) atoms. The fraction of sp³-hybridized carbons (Fsp3) is 0.278. The first-order valence-corrected chi connectivity index (χ1v) is 9.62. The van der Waals surface area contributed by atoms with Crippen molar-refractivity contribution in [3.63, 3.8) is 0 Å². The van der Waals surface area contributed by atoms with Gasteiger partial charge in [-0.1, -0.05) is 0 Å². The molecule has 0 fully saturated rings. The highest BCUT2D eigenvalue weighted by atomic mass is 32.2. The predicted octanol–water partition coefficient (Wildman–Crippen LogP) is 1.68. The van der Waals surface area contributed by atoms with Crippen LogP contribution in [0.2, 0.25) is 0 Å². The number of halogens is 3. The Kier molecular flexibility index (Phi) is 5.60. The Hall–Kier alpha value is -2.95. The summed E-state index contributed by atoms with van der Waals surface area (Å²) in [6.45, 7) is -0.429. The van der Waals surface area contributed by atoms with Crippen LogP contribution in [0.25, 0.3) is 0 Å². The van der Waals surface area contributed by atoms with E-state index in [9.17, 15) is 32.7 Å². The van der Waals surface area contributed by atoms with Crippen LogP contribution >= 0.6 is 11.8 Å². The van der Waals surface area contributed by atoms with Crippen LogP contribution in [-0.4, -0.2) is 45.1 Å². The first kappa shape index (κ1) is 20.8. The zero-order chi connectivity index (χ0) is 21.5. The van der Waals surface area contributed by atoms with Gasteiger partial charge in [0.25, 0.3) is 11.8 Å². The molecule has 2 aromatic rings. The Morgan fingerprint density at radius 1 is 1.28 bits per heavy atom. The van der Waals surface area contributed by atoms with Crippen molar-refractivity contribution in [3.05, 3.63) is 62.8 Å². The number of carbonyl (C=O) groups excluding carboxylic acids is 2. The molecular formula is C18H16F3N3O4S. The van der Waals surface area contributed by atoms with Gasteiger partial charge in [0, 0.05) is 37.5 Å². The van der Waals surface area contributed by atoms with E-state index in [1.807, 2.05) is 0 Å². The Labute approximate surface area is 167 Å². The van der Waals surface area contributed by atoms with Crippen molar-refractivity contribution < 1.29 is 27.9 Å². The molecule has 1 aliphatic rings. The van der Waals surface area contributed by atoms with E-state index in [2.05, 4.69) is 5.32 Å². The van der Waals surface area contributed by atoms with Crippen molar-refractivity contribution in [1.82, 2.24) is 14.8 Å². The average molecular weight is 427 g/mol. The quantitative estimate of drug-likeness (QED) is 0.775. The first-order valence-electron chi connectivity index (χ1n) is 8.33. The molecule has 0 radical (unpaired) electrons. The number of thioether (sulfide) groups is 1. The number of amides is 2. The number of aromatic nitrogens is 1. The molecule has 1 aromatic carbocycles. The Morgan fingerprint density at radius 2 is 1.90 bits per heavy atom. The summed E-state index contributed by atoms with van der Waals surface area (Å²) in [6.07, 6.45) is 2.90. The maximum atomic E-state index is 13.7. The van der Waals surface area contributed by atoms with Crippen molar-refractivity contribution in [1.29, 1.82) is 0 Å². The lowest BCUT2D eigenvalue weighted by Crippen LogP contribution is -2.45. The summed E-state index contributed by atoms with van der Waals surface area (Å²) >= 11 is 1.37. The second kappa shape index (κ2) is 7.82. The number of aromatic hydroxyl groups is 1. The smallest absolute Gasteiger partial charge is 0.275 e. The number of hydrogen-bond acceptors (Lipinski definition) is 5. The zero-order valence-corrected chi connectivity index (χ0v) is 16.1. The molecule has 1 aliphatic heterocycles. The number of rotatable bonds is 4. The van der Waals surface area contributed by atoms with Gasteiger partial charge >= 0.3 is 0 Å². The van der Waals surface area contributed by atoms with Crippen LogP contribution in [0, 0.1) is 17.5 Å². The van der Waals surface area contributed by atoms with Crippen LogP contribution < -0.4 is 10.7 Å². The molecule has 3 rings (SSSR count). The third kappa shape index (κ3) is 3.69. The summed E-state index contributed by atoms with van der Waals surface area (Å²) in [6, 6.07) is 0.934. The fourth-order valence-corrected chi connectivity index (χ4v) is 3.73. The van der Waals surface area contributed by atoms with Crippen molar-refractivity contribution >= 4 is 23.6 Å². The minimum atomic E-state index is -1.19. The van der Waals surface area contributed by atoms with Gasteiger partial charge in [-0.15, -0.1) is 11.8 Å². The summed E-state index contributed by atoms with van der Waals surface area (Å²) < 4.78 is 41.7. The fourth-order valence-electron chi connectivity index (χ4n) is 3.01. The molecule has 0 spiro atoms. The Morgan fingerprint density at radius 3 is 2.48 bits per heavy atom. The van der Waals surface area contributed by atoms with Gasteiger partial charge in [0.15, 0.2) is 11.4 Å². The molecule has 1 unspecified atom stereocenters. The third-order valence-corrected chi connectivity index (χ3v) is 5.62. The van der Waals surface area contributed by atoms with Crippen molar-refractivity contribution in [3.8, 4) is 5.75 Å². The second-order valence-electron chi connectivity index (χ2n) is 6.36. The predicted molar refractivity (Wildman–Crippen MR) is 99.2 cm³/mol. The Bertz CT molecular complexity index is 1050. The number of benzene rings is 1. The number of nitrogens with one attached hydrogen (secondary N) is 1. The molecule has 0 saturated heterocycles. The summed E-state index contributed by atoms with van der Waals surface area (Å²) in [5.74, 6) is -5.95. The summed E-state index contributed by atoms with van der Waals surface area (Å²) in [4.78, 5) is 38.6. The zero-order valence-electron chi connectivity index (χ0n) is 15.3. The molecule has 2 N–H and O–H groups in total. The van der Waals surface area contributed by atoms with Gasteiger partial charge in [-0.25, -0.2) is 13.2 Å². The number of fused-ring (bicyclic) bond motifs is 1. The van der Waals surface area contributed by atoms with E-state index < -0.39 is 58.1 Å². The minimum Gasteiger partial charge on any atom is -0.503 e. The van der Waals surface area contributed by atoms with E-state index in [-0.39, 0.29) is 17.6 Å². The van der Waals surface area contributed by atoms with Crippen LogP contribution in [0.4, 0.5) is 13.2 Å². The van der Waals surface area contributed by atoms with Gasteiger partial charge in [-0.3, -0.25) is 14.4 Å². The molecule has 0 aliphatic carbocycles. The summed E-state index contributed by atoms with van der Waals surface area (Å²) in [5.41, 5.74) is -2.40. The maximum absolute atomic E-state index is 13.7. The van der Waals surface area contributed by atoms with Crippen molar-refractivity contribution in [2.24, 2.45) is 0 Å². The third-order valence-electron chi connectivity index (χ3n) is 4.61. The SMILES string of the molecule is CSC1Cn2cc(C(=O)NCc3c(F)cc(F)cc3F)c(=O)c(O)c2C(=O)N1C. The van der Waals surface area contributed by atoms with E-state index in [0.717, 1.165) is 6.20 Å². The Balaban J connectivity index is 1.92. The van der Waals surface area contributed by atoms with Crippen molar-refractivity contribution in [2.45, 2.75) is 18.5 Å². The van der Waals surface area contributed by atoms with Crippen LogP contribution in [0.1, 0.15) is 26.4 Å². The maximum Gasteiger partial charge on any atom is 0.275 e. The summed E-state index contributed by atoms with van der Waals surface area (Å²) in [5, 5.41) is 12.1. The molecule has 2 heterocycles. The van der Waals surface area contributed by atoms with E-state index >= 15 is 0 Å².